The van der Waals surface area contributed by atoms with E-state index in [1.165, 1.54) is 0 Å². The molecule has 1 aliphatic carbocycles. The van der Waals surface area contributed by atoms with Crippen LogP contribution in [-0.2, 0) is 14.3 Å². The lowest BCUT2D eigenvalue weighted by atomic mass is 9.75. The number of anilines is 1. The fourth-order valence-electron chi connectivity index (χ4n) is 4.32. The van der Waals surface area contributed by atoms with E-state index in [1.54, 1.807) is 18.5 Å². The number of pyridine rings is 1. The van der Waals surface area contributed by atoms with Crippen molar-refractivity contribution in [1.82, 2.24) is 9.88 Å². The number of fused-ring (bicyclic) bond motifs is 1. The lowest BCUT2D eigenvalue weighted by Crippen LogP contribution is -2.49. The highest BCUT2D eigenvalue weighted by Crippen LogP contribution is 2.38. The van der Waals surface area contributed by atoms with E-state index >= 15 is 0 Å². The number of carbonyl (C=O) groups is 2. The predicted molar refractivity (Wildman–Crippen MR) is 92.7 cm³/mol. The molecule has 1 N–H and O–H groups in total. The maximum Gasteiger partial charge on any atom is 0.253 e. The molecule has 0 spiro atoms. The Morgan fingerprint density at radius 1 is 1.32 bits per heavy atom. The van der Waals surface area contributed by atoms with Crippen molar-refractivity contribution in [2.24, 2.45) is 17.8 Å². The number of ether oxygens (including phenoxy) is 1. The van der Waals surface area contributed by atoms with E-state index in [-0.39, 0.29) is 23.8 Å². The Kier molecular flexibility index (Phi) is 4.46. The maximum absolute atomic E-state index is 12.6. The van der Waals surface area contributed by atoms with Crippen LogP contribution < -0.4 is 5.32 Å². The van der Waals surface area contributed by atoms with Crippen LogP contribution >= 0.6 is 0 Å². The molecule has 2 aliphatic heterocycles. The predicted octanol–water partition coefficient (Wildman–Crippen LogP) is 2.07. The number of likely N-dealkylation sites (tertiary alicyclic amines) is 1. The lowest BCUT2D eigenvalue weighted by Gasteiger charge is -2.40. The molecule has 3 fully saturated rings. The third kappa shape index (κ3) is 3.40. The fraction of sp³-hybridized carbons (Fsp3) is 0.632. The fourth-order valence-corrected chi connectivity index (χ4v) is 4.32. The summed E-state index contributed by atoms with van der Waals surface area (Å²) in [6, 6.07) is 3.60. The van der Waals surface area contributed by atoms with Crippen molar-refractivity contribution >= 4 is 17.5 Å². The Labute approximate surface area is 147 Å². The number of hydrogen-bond donors (Lipinski definition) is 1. The summed E-state index contributed by atoms with van der Waals surface area (Å²) >= 11 is 0. The van der Waals surface area contributed by atoms with Gasteiger partial charge in [0.25, 0.3) is 5.91 Å². The van der Waals surface area contributed by atoms with Gasteiger partial charge in [0, 0.05) is 25.2 Å². The lowest BCUT2D eigenvalue weighted by molar-refractivity contribution is -0.144. The smallest absolute Gasteiger partial charge is 0.253 e. The molecule has 3 aliphatic rings. The molecule has 4 rings (SSSR count). The van der Waals surface area contributed by atoms with Crippen molar-refractivity contribution < 1.29 is 14.3 Å². The van der Waals surface area contributed by atoms with Crippen LogP contribution in [0.1, 0.15) is 32.6 Å². The first kappa shape index (κ1) is 16.5. The molecular formula is C19H25N3O3. The Bertz CT molecular complexity index is 645. The normalized spacial score (nSPS) is 34.1. The molecule has 1 aromatic rings. The van der Waals surface area contributed by atoms with Gasteiger partial charge < -0.3 is 15.0 Å². The molecular weight excluding hydrogens is 318 g/mol. The number of rotatable bonds is 3. The summed E-state index contributed by atoms with van der Waals surface area (Å²) in [6.07, 6.45) is 6.54. The van der Waals surface area contributed by atoms with Crippen LogP contribution in [0.25, 0.3) is 0 Å². The molecule has 6 heteroatoms. The molecule has 1 aromatic heterocycles. The van der Waals surface area contributed by atoms with Gasteiger partial charge in [0.05, 0.1) is 18.0 Å². The van der Waals surface area contributed by atoms with E-state index in [1.807, 2.05) is 11.0 Å². The molecule has 6 nitrogen and oxygen atoms in total. The zero-order chi connectivity index (χ0) is 17.4. The second kappa shape index (κ2) is 6.75. The number of hydrogen-bond acceptors (Lipinski definition) is 4. The minimum Gasteiger partial charge on any atom is -0.363 e. The molecule has 0 aromatic carbocycles. The summed E-state index contributed by atoms with van der Waals surface area (Å²) in [5.41, 5.74) is 0.682. The topological polar surface area (TPSA) is 71.5 Å². The summed E-state index contributed by atoms with van der Waals surface area (Å²) in [7, 11) is 0. The van der Waals surface area contributed by atoms with Crippen molar-refractivity contribution in [2.45, 2.75) is 44.8 Å². The van der Waals surface area contributed by atoms with Crippen molar-refractivity contribution in [3.63, 3.8) is 0 Å². The first-order valence-corrected chi connectivity index (χ1v) is 9.25. The average molecular weight is 343 g/mol. The Balaban J connectivity index is 1.32. The second-order valence-electron chi connectivity index (χ2n) is 7.74. The minimum atomic E-state index is -0.436. The largest absolute Gasteiger partial charge is 0.363 e. The van der Waals surface area contributed by atoms with Gasteiger partial charge in [0.2, 0.25) is 5.91 Å². The van der Waals surface area contributed by atoms with Gasteiger partial charge in [-0.2, -0.15) is 0 Å². The van der Waals surface area contributed by atoms with Gasteiger partial charge in [0.1, 0.15) is 6.10 Å². The zero-order valence-corrected chi connectivity index (χ0v) is 14.6. The van der Waals surface area contributed by atoms with Gasteiger partial charge in [-0.05, 0) is 49.7 Å². The summed E-state index contributed by atoms with van der Waals surface area (Å²) in [6.45, 7) is 3.62. The van der Waals surface area contributed by atoms with E-state index in [2.05, 4.69) is 17.2 Å². The summed E-state index contributed by atoms with van der Waals surface area (Å²) in [5, 5.41) is 2.86. The Morgan fingerprint density at radius 2 is 2.16 bits per heavy atom. The number of carbonyl (C=O) groups excluding carboxylic acids is 2. The highest BCUT2D eigenvalue weighted by molar-refractivity contribution is 5.94. The standard InChI is InChI=1S/C19H25N3O3/c1-12-7-14(8-12)19(24)22-6-4-13-9-16(25-17(13)11-22)18(23)21-15-3-2-5-20-10-15/h2-3,5,10,12-14,16-17H,4,6-9,11H2,1H3,(H,21,23)/t12?,13-,14?,16+,17-/m0/s1. The zero-order valence-electron chi connectivity index (χ0n) is 14.6. The number of nitrogens with one attached hydrogen (secondary N) is 1. The van der Waals surface area contributed by atoms with Crippen LogP contribution in [0, 0.1) is 17.8 Å². The van der Waals surface area contributed by atoms with Crippen molar-refractivity contribution in [3.8, 4) is 0 Å². The number of piperidine rings is 1. The second-order valence-corrected chi connectivity index (χ2v) is 7.74. The summed E-state index contributed by atoms with van der Waals surface area (Å²) in [5.74, 6) is 1.41. The average Bonchev–Trinajstić information content (AvgIpc) is 3.02. The van der Waals surface area contributed by atoms with Crippen LogP contribution in [0.3, 0.4) is 0 Å². The van der Waals surface area contributed by atoms with E-state index in [0.717, 1.165) is 32.2 Å². The van der Waals surface area contributed by atoms with Gasteiger partial charge in [-0.25, -0.2) is 0 Å². The molecule has 3 atom stereocenters. The van der Waals surface area contributed by atoms with Crippen LogP contribution in [0.2, 0.25) is 0 Å². The highest BCUT2D eigenvalue weighted by atomic mass is 16.5. The van der Waals surface area contributed by atoms with E-state index in [4.69, 9.17) is 4.74 Å². The van der Waals surface area contributed by atoms with Crippen LogP contribution in [-0.4, -0.2) is 47.0 Å². The first-order chi connectivity index (χ1) is 12.1. The van der Waals surface area contributed by atoms with Crippen LogP contribution in [0.4, 0.5) is 5.69 Å². The van der Waals surface area contributed by atoms with Gasteiger partial charge in [-0.15, -0.1) is 0 Å². The Hall–Kier alpha value is -1.95. The van der Waals surface area contributed by atoms with Gasteiger partial charge >= 0.3 is 0 Å². The minimum absolute atomic E-state index is 0.0140. The van der Waals surface area contributed by atoms with Crippen molar-refractivity contribution in [3.05, 3.63) is 24.5 Å². The van der Waals surface area contributed by atoms with E-state index in [9.17, 15) is 9.59 Å². The number of nitrogens with zero attached hydrogens (tertiary/aromatic N) is 2. The Morgan fingerprint density at radius 3 is 2.88 bits per heavy atom. The number of amides is 2. The van der Waals surface area contributed by atoms with Gasteiger partial charge in [-0.3, -0.25) is 14.6 Å². The van der Waals surface area contributed by atoms with Crippen LogP contribution in [0.15, 0.2) is 24.5 Å². The molecule has 0 radical (unpaired) electrons. The van der Waals surface area contributed by atoms with Crippen molar-refractivity contribution in [2.75, 3.05) is 18.4 Å². The molecule has 25 heavy (non-hydrogen) atoms. The summed E-state index contributed by atoms with van der Waals surface area (Å²) < 4.78 is 6.01. The first-order valence-electron chi connectivity index (χ1n) is 9.25. The summed E-state index contributed by atoms with van der Waals surface area (Å²) in [4.78, 5) is 30.9. The van der Waals surface area contributed by atoms with Crippen molar-refractivity contribution in [1.29, 1.82) is 0 Å². The molecule has 3 heterocycles. The molecule has 134 valence electrons. The number of aromatic nitrogens is 1. The molecule has 2 amide bonds. The van der Waals surface area contributed by atoms with Gasteiger partial charge in [0.15, 0.2) is 0 Å². The third-order valence-electron chi connectivity index (χ3n) is 5.81. The molecule has 0 unspecified atom stereocenters. The molecule has 1 saturated carbocycles. The van der Waals surface area contributed by atoms with E-state index in [0.29, 0.717) is 24.1 Å². The molecule has 2 saturated heterocycles. The monoisotopic (exact) mass is 343 g/mol. The highest BCUT2D eigenvalue weighted by Gasteiger charge is 2.44. The molecule has 0 bridgehead atoms. The quantitative estimate of drug-likeness (QED) is 0.912. The SMILES string of the molecule is CC1CC(C(=O)N2CC[C@H]3C[C@H](C(=O)Nc4cccnc4)O[C@H]3C2)C1. The maximum atomic E-state index is 12.6. The van der Waals surface area contributed by atoms with E-state index < -0.39 is 6.10 Å². The van der Waals surface area contributed by atoms with Gasteiger partial charge in [-0.1, -0.05) is 6.92 Å². The third-order valence-corrected chi connectivity index (χ3v) is 5.81. The van der Waals surface area contributed by atoms with Crippen LogP contribution in [0.5, 0.6) is 0 Å².